The van der Waals surface area contributed by atoms with Crippen molar-refractivity contribution in [3.63, 3.8) is 0 Å². The minimum absolute atomic E-state index is 0. The number of carbonyl (C=O) groups is 1. The summed E-state index contributed by atoms with van der Waals surface area (Å²) in [5.74, 6) is -0.879. The number of nitrogens with zero attached hydrogens (tertiary/aromatic N) is 1. The third-order valence-electron chi connectivity index (χ3n) is 4.42. The molecule has 0 aromatic heterocycles. The molecular weight excluding hydrogens is 350 g/mol. The Labute approximate surface area is 161 Å². The fourth-order valence-corrected chi connectivity index (χ4v) is 3.17. The molecule has 1 aliphatic heterocycles. The lowest BCUT2D eigenvalue weighted by molar-refractivity contribution is 0.0697. The first-order valence-electron chi connectivity index (χ1n) is 8.90. The van der Waals surface area contributed by atoms with Crippen molar-refractivity contribution in [2.24, 2.45) is 0 Å². The van der Waals surface area contributed by atoms with Crippen LogP contribution in [0.15, 0.2) is 60.7 Å². The number of rotatable bonds is 5. The number of halogens is 1. The first-order chi connectivity index (χ1) is 12.2. The van der Waals surface area contributed by atoms with E-state index >= 15 is 0 Å². The molecule has 0 saturated carbocycles. The molecule has 0 aliphatic carbocycles. The van der Waals surface area contributed by atoms with Gasteiger partial charge in [-0.2, -0.15) is 0 Å². The lowest BCUT2D eigenvalue weighted by atomic mass is 9.95. The summed E-state index contributed by atoms with van der Waals surface area (Å²) in [5.41, 5.74) is 1.76. The maximum absolute atomic E-state index is 10.2. The van der Waals surface area contributed by atoms with Gasteiger partial charge >= 0.3 is 5.97 Å². The fourth-order valence-electron chi connectivity index (χ4n) is 3.17. The predicted molar refractivity (Wildman–Crippen MR) is 107 cm³/mol. The zero-order chi connectivity index (χ0) is 17.9. The normalized spacial score (nSPS) is 16.7. The summed E-state index contributed by atoms with van der Waals surface area (Å²) in [7, 11) is 0. The van der Waals surface area contributed by atoms with Gasteiger partial charge in [-0.15, -0.1) is 12.4 Å². The van der Waals surface area contributed by atoms with Crippen molar-refractivity contribution >= 4 is 18.4 Å². The van der Waals surface area contributed by atoms with Gasteiger partial charge in [0.25, 0.3) is 0 Å². The average molecular weight is 378 g/mol. The third kappa shape index (κ3) is 7.16. The molecule has 1 saturated heterocycles. The van der Waals surface area contributed by atoms with Gasteiger partial charge in [0.1, 0.15) is 0 Å². The number of likely N-dealkylation sites (tertiary alicyclic amines) is 1. The zero-order valence-electron chi connectivity index (χ0n) is 15.0. The second-order valence-electron chi connectivity index (χ2n) is 6.21. The van der Waals surface area contributed by atoms with E-state index in [2.05, 4.69) is 35.2 Å². The Morgan fingerprint density at radius 3 is 2.15 bits per heavy atom. The highest BCUT2D eigenvalue weighted by Gasteiger charge is 2.22. The molecule has 3 rings (SSSR count). The molecular formula is C21H28ClNO3. The number of carboxylic acids is 1. The molecule has 1 fully saturated rings. The molecule has 26 heavy (non-hydrogen) atoms. The van der Waals surface area contributed by atoms with Crippen LogP contribution in [0.25, 0.3) is 0 Å². The van der Waals surface area contributed by atoms with Gasteiger partial charge in [0.15, 0.2) is 0 Å². The molecule has 0 radical (unpaired) electrons. The standard InChI is InChI=1S/C14H21NO.C7H6O2.ClH/c16-12-6-11-15-10-5-4-9-14(15)13-7-2-1-3-8-13;8-7(9)6-4-2-1-3-5-6;/h1-3,7-8,14,16H,4-6,9-12H2;1-5H,(H,8,9);1H. The topological polar surface area (TPSA) is 60.8 Å². The van der Waals surface area contributed by atoms with Crippen LogP contribution in [0, 0.1) is 0 Å². The number of hydrogen-bond donors (Lipinski definition) is 2. The Balaban J connectivity index is 0.000000290. The number of aliphatic hydroxyl groups is 1. The first kappa shape index (κ1) is 22.2. The molecule has 2 aromatic rings. The Morgan fingerprint density at radius 2 is 1.62 bits per heavy atom. The van der Waals surface area contributed by atoms with Gasteiger partial charge in [-0.1, -0.05) is 55.0 Å². The second-order valence-corrected chi connectivity index (χ2v) is 6.21. The molecule has 4 nitrogen and oxygen atoms in total. The smallest absolute Gasteiger partial charge is 0.335 e. The minimum atomic E-state index is -0.879. The van der Waals surface area contributed by atoms with Gasteiger partial charge in [0.2, 0.25) is 0 Å². The number of carboxylic acid groups (broad SMARTS) is 1. The van der Waals surface area contributed by atoms with E-state index in [-0.39, 0.29) is 12.4 Å². The molecule has 2 N–H and O–H groups in total. The van der Waals surface area contributed by atoms with E-state index in [0.717, 1.165) is 13.0 Å². The van der Waals surface area contributed by atoms with E-state index < -0.39 is 5.97 Å². The lowest BCUT2D eigenvalue weighted by Gasteiger charge is -2.36. The van der Waals surface area contributed by atoms with E-state index in [1.54, 1.807) is 30.3 Å². The molecule has 1 atom stereocenters. The van der Waals surface area contributed by atoms with Gasteiger partial charge < -0.3 is 10.2 Å². The van der Waals surface area contributed by atoms with Crippen LogP contribution in [0.4, 0.5) is 0 Å². The molecule has 0 bridgehead atoms. The predicted octanol–water partition coefficient (Wildman–Crippen LogP) is 4.40. The Hall–Kier alpha value is -1.88. The summed E-state index contributed by atoms with van der Waals surface area (Å²) in [6.45, 7) is 2.51. The summed E-state index contributed by atoms with van der Waals surface area (Å²) in [6.07, 6.45) is 4.78. The van der Waals surface area contributed by atoms with E-state index in [4.69, 9.17) is 10.2 Å². The van der Waals surface area contributed by atoms with Crippen molar-refractivity contribution in [3.8, 4) is 0 Å². The van der Waals surface area contributed by atoms with Gasteiger partial charge in [0, 0.05) is 19.2 Å². The number of piperidine rings is 1. The maximum Gasteiger partial charge on any atom is 0.335 e. The van der Waals surface area contributed by atoms with Gasteiger partial charge in [0.05, 0.1) is 5.56 Å². The molecule has 1 aliphatic rings. The highest BCUT2D eigenvalue weighted by molar-refractivity contribution is 5.87. The van der Waals surface area contributed by atoms with Crippen molar-refractivity contribution in [1.29, 1.82) is 0 Å². The number of aliphatic hydroxyl groups excluding tert-OH is 1. The van der Waals surface area contributed by atoms with Crippen molar-refractivity contribution < 1.29 is 15.0 Å². The SMILES string of the molecule is Cl.O=C(O)c1ccccc1.OCCCN1CCCCC1c1ccccc1. The van der Waals surface area contributed by atoms with Crippen LogP contribution in [0.1, 0.15) is 47.6 Å². The summed E-state index contributed by atoms with van der Waals surface area (Å²) < 4.78 is 0. The molecule has 142 valence electrons. The molecule has 1 heterocycles. The molecule has 5 heteroatoms. The van der Waals surface area contributed by atoms with Crippen LogP contribution in [0.2, 0.25) is 0 Å². The maximum atomic E-state index is 10.2. The van der Waals surface area contributed by atoms with E-state index in [1.165, 1.54) is 31.4 Å². The quantitative estimate of drug-likeness (QED) is 0.810. The molecule has 1 unspecified atom stereocenters. The number of benzene rings is 2. The summed E-state index contributed by atoms with van der Waals surface area (Å²) in [6, 6.07) is 19.6. The molecule has 2 aromatic carbocycles. The van der Waals surface area contributed by atoms with Crippen LogP contribution in [-0.2, 0) is 0 Å². The minimum Gasteiger partial charge on any atom is -0.478 e. The van der Waals surface area contributed by atoms with Crippen molar-refractivity contribution in [2.75, 3.05) is 19.7 Å². The lowest BCUT2D eigenvalue weighted by Crippen LogP contribution is -2.34. The van der Waals surface area contributed by atoms with Gasteiger partial charge in [-0.3, -0.25) is 4.90 Å². The monoisotopic (exact) mass is 377 g/mol. The van der Waals surface area contributed by atoms with Crippen LogP contribution in [0.5, 0.6) is 0 Å². The summed E-state index contributed by atoms with van der Waals surface area (Å²) in [5, 5.41) is 17.3. The molecule has 0 amide bonds. The van der Waals surface area contributed by atoms with Crippen LogP contribution >= 0.6 is 12.4 Å². The highest BCUT2D eigenvalue weighted by atomic mass is 35.5. The first-order valence-corrected chi connectivity index (χ1v) is 8.90. The van der Waals surface area contributed by atoms with Crippen LogP contribution < -0.4 is 0 Å². The molecule has 0 spiro atoms. The third-order valence-corrected chi connectivity index (χ3v) is 4.42. The largest absolute Gasteiger partial charge is 0.478 e. The average Bonchev–Trinajstić information content (AvgIpc) is 2.68. The van der Waals surface area contributed by atoms with Crippen molar-refractivity contribution in [3.05, 3.63) is 71.8 Å². The number of hydrogen-bond acceptors (Lipinski definition) is 3. The van der Waals surface area contributed by atoms with E-state index in [1.807, 2.05) is 0 Å². The highest BCUT2D eigenvalue weighted by Crippen LogP contribution is 2.30. The van der Waals surface area contributed by atoms with Gasteiger partial charge in [-0.05, 0) is 43.5 Å². The Morgan fingerprint density at radius 1 is 1.00 bits per heavy atom. The number of aromatic carboxylic acids is 1. The van der Waals surface area contributed by atoms with Crippen molar-refractivity contribution in [2.45, 2.75) is 31.7 Å². The van der Waals surface area contributed by atoms with Crippen LogP contribution in [-0.4, -0.2) is 40.8 Å². The van der Waals surface area contributed by atoms with Crippen LogP contribution in [0.3, 0.4) is 0 Å². The summed E-state index contributed by atoms with van der Waals surface area (Å²) >= 11 is 0. The summed E-state index contributed by atoms with van der Waals surface area (Å²) in [4.78, 5) is 12.7. The Bertz CT molecular complexity index is 622. The zero-order valence-corrected chi connectivity index (χ0v) is 15.8. The van der Waals surface area contributed by atoms with E-state index in [9.17, 15) is 4.79 Å². The second kappa shape index (κ2) is 12.5. The Kier molecular flexibility index (Phi) is 10.6. The van der Waals surface area contributed by atoms with Crippen molar-refractivity contribution in [1.82, 2.24) is 4.90 Å². The van der Waals surface area contributed by atoms with E-state index in [0.29, 0.717) is 18.2 Å². The van der Waals surface area contributed by atoms with Gasteiger partial charge in [-0.25, -0.2) is 4.79 Å². The fraction of sp³-hybridized carbons (Fsp3) is 0.381.